The summed E-state index contributed by atoms with van der Waals surface area (Å²) in [5, 5.41) is 96.4. The van der Waals surface area contributed by atoms with Crippen LogP contribution in [0.4, 0.5) is 10.5 Å². The van der Waals surface area contributed by atoms with Crippen LogP contribution in [-0.2, 0) is 136 Å². The van der Waals surface area contributed by atoms with Crippen LogP contribution in [0.3, 0.4) is 0 Å². The lowest BCUT2D eigenvalue weighted by Crippen LogP contribution is -2.56. The minimum absolute atomic E-state index is 0.0113. The van der Waals surface area contributed by atoms with Gasteiger partial charge in [-0.25, -0.2) is 19.2 Å². The Bertz CT molecular complexity index is 5530. The number of carboxylic acids is 4. The Hall–Kier alpha value is -13.8. The van der Waals surface area contributed by atoms with Gasteiger partial charge in [0.25, 0.3) is 0 Å². The normalized spacial score (nSPS) is 21.2. The molecule has 2 bridgehead atoms. The van der Waals surface area contributed by atoms with Gasteiger partial charge in [0.05, 0.1) is 89.3 Å². The molecule has 5 heterocycles. The number of carbonyl (C=O) groups excluding carboxylic acids is 19. The van der Waals surface area contributed by atoms with Crippen molar-refractivity contribution in [2.45, 2.75) is 273 Å². The average Bonchev–Trinajstić information content (AvgIpc) is 1.63. The molecular formula is C98H131N15O32S2. The van der Waals surface area contributed by atoms with Gasteiger partial charge in [-0.1, -0.05) is 96.8 Å². The summed E-state index contributed by atoms with van der Waals surface area (Å²) in [6, 6.07) is 5.00. The highest BCUT2D eigenvalue weighted by molar-refractivity contribution is 8.00. The zero-order chi connectivity index (χ0) is 108. The van der Waals surface area contributed by atoms with Gasteiger partial charge in [0.15, 0.2) is 23.1 Å². The van der Waals surface area contributed by atoms with Gasteiger partial charge >= 0.3 is 29.9 Å². The van der Waals surface area contributed by atoms with Crippen molar-refractivity contribution < 1.29 is 155 Å². The number of rotatable bonds is 50. The number of nitrogens with two attached hydrogens (primary N) is 1. The Morgan fingerprint density at radius 2 is 1.23 bits per heavy atom. The van der Waals surface area contributed by atoms with Crippen LogP contribution in [0.25, 0.3) is 10.9 Å². The van der Waals surface area contributed by atoms with Gasteiger partial charge in [0.1, 0.15) is 53.4 Å². The minimum atomic E-state index is -2.46. The van der Waals surface area contributed by atoms with E-state index in [1.807, 2.05) is 5.32 Å². The maximum absolute atomic E-state index is 15.4. The number of benzene rings is 3. The lowest BCUT2D eigenvalue weighted by molar-refractivity contribution is -0.145. The van der Waals surface area contributed by atoms with Gasteiger partial charge in [0.2, 0.25) is 76.8 Å². The van der Waals surface area contributed by atoms with Gasteiger partial charge in [-0.05, 0) is 104 Å². The number of unbranched alkanes of at least 4 members (excludes halogenated alkanes) is 3. The van der Waals surface area contributed by atoms with E-state index in [1.54, 1.807) is 88.4 Å². The van der Waals surface area contributed by atoms with Crippen LogP contribution in [-0.4, -0.2) is 306 Å². The van der Waals surface area contributed by atoms with Crippen LogP contribution in [0, 0.1) is 35.5 Å². The van der Waals surface area contributed by atoms with Crippen LogP contribution in [0.15, 0.2) is 77.8 Å². The first-order valence-corrected chi connectivity index (χ1v) is 51.0. The molecule has 21 N–H and O–H groups in total. The summed E-state index contributed by atoms with van der Waals surface area (Å²) in [4.78, 5) is 313. The van der Waals surface area contributed by atoms with Crippen molar-refractivity contribution in [3.8, 4) is 5.75 Å². The number of hydrogen-bond acceptors (Lipinski definition) is 29. The number of ketones is 5. The number of primary amides is 1. The van der Waals surface area contributed by atoms with E-state index < -0.39 is 344 Å². The number of aliphatic carboxylic acids is 4. The second kappa shape index (κ2) is 57.3. The van der Waals surface area contributed by atoms with E-state index in [0.717, 1.165) is 21.6 Å². The van der Waals surface area contributed by atoms with Crippen molar-refractivity contribution in [1.29, 1.82) is 0 Å². The average molecular weight is 2100 g/mol. The highest BCUT2D eigenvalue weighted by atomic mass is 32.2. The SMILES string of the molecule is CC[C@H](C)[C@@H]1NC(=O)CNC(=O)[C@@H]2CC(=O)[C@H]([C@@H](C)[C@@H](O)CO)NC(=O)[C@@H]3C[C@@H](O)CN3C(=O)[C@H](CC(N)=O)CC(=O)[C@H](CS(=O)c3[nH]c4cc(OCc5ccc(NC(=O)[C@H](C)CC(=O)[C@@H](NC(=O)CCCCCN6C(=O)CC(SC[C@H](NC(=O)CCC(=O)[C@H](Cc7ccccc7)NC(=O)CCCCC(=O)CCC(NC(=O)NC(CCC(=O)O)C(=O)O)C(=O)O)C(=O)O)C6=O)C(C)C)cc5)ccc4c3C2)NC(=O)CNC1=O. The molecule has 4 aliphatic rings. The number of nitrogens with one attached hydrogen (secondary N) is 12. The van der Waals surface area contributed by atoms with Crippen LogP contribution in [0.1, 0.15) is 193 Å². The number of aliphatic hydroxyl groups is 3. The summed E-state index contributed by atoms with van der Waals surface area (Å²) in [6.45, 7) is 6.49. The number of carboxylic acid groups (broad SMARTS) is 4. The van der Waals surface area contributed by atoms with Crippen LogP contribution in [0.2, 0.25) is 0 Å². The van der Waals surface area contributed by atoms with Crippen molar-refractivity contribution in [2.75, 3.05) is 49.6 Å². The third-order valence-corrected chi connectivity index (χ3v) is 28.6. The maximum atomic E-state index is 15.4. The molecule has 0 saturated carbocycles. The molecule has 0 aliphatic carbocycles. The molecule has 4 unspecified atom stereocenters. The molecule has 8 rings (SSSR count). The molecule has 47 nitrogen and oxygen atoms in total. The topological polar surface area (TPSA) is 741 Å². The number of imide groups is 1. The van der Waals surface area contributed by atoms with E-state index in [-0.39, 0.29) is 123 Å². The summed E-state index contributed by atoms with van der Waals surface area (Å²) < 4.78 is 21.6. The molecule has 2 saturated heterocycles. The molecule has 1 aromatic heterocycles. The second-order valence-corrected chi connectivity index (χ2v) is 40.3. The highest BCUT2D eigenvalue weighted by Gasteiger charge is 2.47. The summed E-state index contributed by atoms with van der Waals surface area (Å²) in [7, 11) is -2.46. The summed E-state index contributed by atoms with van der Waals surface area (Å²) in [6.07, 6.45) is -8.50. The smallest absolute Gasteiger partial charge is 0.327 e. The highest BCUT2D eigenvalue weighted by Crippen LogP contribution is 2.35. The molecule has 4 aromatic rings. The van der Waals surface area contributed by atoms with Crippen LogP contribution in [0.5, 0.6) is 5.75 Å². The van der Waals surface area contributed by atoms with Gasteiger partial charge in [-0.2, -0.15) is 0 Å². The molecule has 4 aliphatic heterocycles. The fraction of sp³-hybridized carbons (Fsp3) is 0.561. The summed E-state index contributed by atoms with van der Waals surface area (Å²) in [5.74, 6) is -27.0. The number of ether oxygens (including phenoxy) is 1. The van der Waals surface area contributed by atoms with Crippen molar-refractivity contribution in [1.82, 2.24) is 68.0 Å². The zero-order valence-corrected chi connectivity index (χ0v) is 84.0. The number of urea groups is 1. The third-order valence-electron chi connectivity index (χ3n) is 25.9. The quantitative estimate of drug-likeness (QED) is 0.0202. The molecular weight excluding hydrogens is 1960 g/mol. The third kappa shape index (κ3) is 36.7. The van der Waals surface area contributed by atoms with Crippen molar-refractivity contribution in [2.24, 2.45) is 41.2 Å². The fourth-order valence-electron chi connectivity index (χ4n) is 17.2. The number of fused-ring (bicyclic) bond motifs is 5. The predicted octanol–water partition coefficient (Wildman–Crippen LogP) is -0.144. The van der Waals surface area contributed by atoms with Gasteiger partial charge in [-0.3, -0.25) is 100 Å². The number of Topliss-reactive ketones (excluding diaryl/α,β-unsaturated/α-hetero) is 5. The van der Waals surface area contributed by atoms with E-state index in [0.29, 0.717) is 29.7 Å². The number of thioether (sulfide) groups is 1. The molecule has 0 radical (unpaired) electrons. The number of carbonyl (C=O) groups is 23. The second-order valence-electron chi connectivity index (χ2n) is 37.6. The largest absolute Gasteiger partial charge is 0.489 e. The summed E-state index contributed by atoms with van der Waals surface area (Å²) in [5.41, 5.74) is 7.52. The standard InChI is InChI=1S/C98H131N15O32S2/c1-7-51(4)86-91(134)101-43-81(126)105-69-49-147(144)92-63(36-56(89(132)100-44-82(127)110-86)37-74(120)87(53(6)75(121)46-114)111-90(133)70-40-60(116)45-113(70)93(135)57(38-72(69)118)39-77(99)122)62-27-26-61(41-66(62)106-92)145-47-55-21-23-58(24-22-55)102-88(131)52(5)34-73(119)85(50(2)3)109-79(124)19-12-9-15-33-112-83(128)42-76(94(112)136)146-48-68(97(141)142)104-80(125)31-30-71(117)67(35-54-16-10-8-11-17-54)103-78(123)20-14-13-18-59(115)25-28-64(95(137)138)107-98(143)108-65(96(139)140)29-32-84(129)130/h8,10-11,16-17,21-24,26-27,41,50-53,56-57,60,64-65,67-70,75-76,85-87,106,114,116,121H,7,9,12-15,18-20,25,28-40,42-49H2,1-6H3,(H2,99,122)(H,100,132)(H,101,134)(H,102,131)(H,103,123)(H,104,125)(H,105,126)(H,109,124)(H,110,127)(H,111,133)(H,129,130)(H,137,138)(H,139,140)(H,141,142)(H2,107,108,143)/t51-,52+,53-,56-,57-,60+,64?,65?,67-,68-,69-,70-,75-,76?,85-,86-,87-,147?/m0/s1. The predicted molar refractivity (Wildman–Crippen MR) is 524 cm³/mol. The molecule has 3 aromatic carbocycles. The van der Waals surface area contributed by atoms with E-state index >= 15 is 9.00 Å². The summed E-state index contributed by atoms with van der Waals surface area (Å²) >= 11 is 0.838. The number of H-pyrrole nitrogens is 1. The van der Waals surface area contributed by atoms with E-state index in [9.17, 15) is 136 Å². The fourth-order valence-corrected chi connectivity index (χ4v) is 19.8. The number of nitrogens with zero attached hydrogens (tertiary/aromatic N) is 2. The lowest BCUT2D eigenvalue weighted by atomic mass is 9.85. The molecule has 18 atom stereocenters. The minimum Gasteiger partial charge on any atom is -0.489 e. The molecule has 49 heteroatoms. The first-order chi connectivity index (χ1) is 69.6. The first kappa shape index (κ1) is 118. The Kier molecular flexibility index (Phi) is 46.2. The zero-order valence-electron chi connectivity index (χ0n) is 82.4. The Balaban J connectivity index is 0.820. The number of anilines is 1. The van der Waals surface area contributed by atoms with Crippen molar-refractivity contribution >= 4 is 175 Å². The van der Waals surface area contributed by atoms with Crippen molar-refractivity contribution in [3.63, 3.8) is 0 Å². The van der Waals surface area contributed by atoms with Crippen LogP contribution >= 0.6 is 11.8 Å². The number of amides is 15. The van der Waals surface area contributed by atoms with Crippen LogP contribution < -0.4 is 69.0 Å². The molecule has 2 fully saturated rings. The van der Waals surface area contributed by atoms with E-state index in [4.69, 9.17) is 15.6 Å². The Morgan fingerprint density at radius 1 is 0.612 bits per heavy atom. The number of aromatic nitrogens is 1. The first-order valence-electron chi connectivity index (χ1n) is 48.7. The number of likely N-dealkylation sites (tertiary alicyclic amines) is 1. The van der Waals surface area contributed by atoms with Crippen molar-refractivity contribution in [3.05, 3.63) is 89.5 Å². The molecule has 15 amide bonds. The van der Waals surface area contributed by atoms with Gasteiger partial charge in [-0.15, -0.1) is 11.8 Å². The van der Waals surface area contributed by atoms with Gasteiger partial charge in [0, 0.05) is 137 Å². The lowest BCUT2D eigenvalue weighted by Gasteiger charge is -2.32. The number of aromatic amines is 1. The molecule has 147 heavy (non-hydrogen) atoms. The Morgan fingerprint density at radius 3 is 1.86 bits per heavy atom. The maximum Gasteiger partial charge on any atom is 0.327 e. The Labute approximate surface area is 852 Å². The monoisotopic (exact) mass is 2090 g/mol. The van der Waals surface area contributed by atoms with Gasteiger partial charge < -0.3 is 115 Å². The molecule has 802 valence electrons. The van der Waals surface area contributed by atoms with E-state index in [2.05, 4.69) is 58.2 Å². The number of hydrogen-bond donors (Lipinski definition) is 20. The van der Waals surface area contributed by atoms with E-state index in [1.165, 1.54) is 26.0 Å². The number of aliphatic hydroxyl groups excluding tert-OH is 3. The molecule has 0 spiro atoms.